The monoisotopic (exact) mass is 299 g/mol. The molecule has 1 rings (SSSR count). The van der Waals surface area contributed by atoms with Crippen LogP contribution in [0.4, 0.5) is 4.79 Å². The van der Waals surface area contributed by atoms with E-state index in [2.05, 4.69) is 10.6 Å². The SMILES string of the molecule is CCCN(C(=O)N[C@H](CC(C)C)C(=O)O)C1CCNCC1. The van der Waals surface area contributed by atoms with Gasteiger partial charge in [0.1, 0.15) is 6.04 Å². The number of aliphatic carboxylic acids is 1. The van der Waals surface area contributed by atoms with E-state index < -0.39 is 12.0 Å². The number of carbonyl (C=O) groups excluding carboxylic acids is 1. The van der Waals surface area contributed by atoms with E-state index >= 15 is 0 Å². The van der Waals surface area contributed by atoms with Gasteiger partial charge in [-0.25, -0.2) is 9.59 Å². The maximum Gasteiger partial charge on any atom is 0.326 e. The fourth-order valence-corrected chi connectivity index (χ4v) is 2.73. The largest absolute Gasteiger partial charge is 0.480 e. The second kappa shape index (κ2) is 8.87. The molecule has 0 spiro atoms. The molecule has 3 N–H and O–H groups in total. The van der Waals surface area contributed by atoms with Crippen LogP contribution in [0, 0.1) is 5.92 Å². The van der Waals surface area contributed by atoms with Gasteiger partial charge in [-0.15, -0.1) is 0 Å². The van der Waals surface area contributed by atoms with Gasteiger partial charge in [0.15, 0.2) is 0 Å². The number of carboxylic acids is 1. The molecular formula is C15H29N3O3. The maximum absolute atomic E-state index is 12.5. The normalized spacial score (nSPS) is 17.5. The zero-order chi connectivity index (χ0) is 15.8. The van der Waals surface area contributed by atoms with Crippen LogP contribution in [0.1, 0.15) is 46.5 Å². The number of carbonyl (C=O) groups is 2. The second-order valence-corrected chi connectivity index (χ2v) is 6.14. The van der Waals surface area contributed by atoms with E-state index in [4.69, 9.17) is 0 Å². The number of amides is 2. The first-order valence-electron chi connectivity index (χ1n) is 7.96. The van der Waals surface area contributed by atoms with Crippen LogP contribution in [0.2, 0.25) is 0 Å². The van der Waals surface area contributed by atoms with Crippen molar-refractivity contribution in [2.75, 3.05) is 19.6 Å². The second-order valence-electron chi connectivity index (χ2n) is 6.14. The highest BCUT2D eigenvalue weighted by molar-refractivity contribution is 5.82. The summed E-state index contributed by atoms with van der Waals surface area (Å²) in [5.41, 5.74) is 0. The number of rotatable bonds is 7. The molecule has 0 bridgehead atoms. The van der Waals surface area contributed by atoms with Crippen LogP contribution in [0.3, 0.4) is 0 Å². The van der Waals surface area contributed by atoms with Crippen LogP contribution in [-0.4, -0.2) is 53.7 Å². The first-order valence-corrected chi connectivity index (χ1v) is 7.96. The summed E-state index contributed by atoms with van der Waals surface area (Å²) >= 11 is 0. The molecule has 0 aromatic heterocycles. The van der Waals surface area contributed by atoms with Gasteiger partial charge in [-0.1, -0.05) is 20.8 Å². The van der Waals surface area contributed by atoms with Crippen molar-refractivity contribution in [3.63, 3.8) is 0 Å². The molecule has 0 saturated carbocycles. The lowest BCUT2D eigenvalue weighted by molar-refractivity contribution is -0.139. The first-order chi connectivity index (χ1) is 9.95. The highest BCUT2D eigenvalue weighted by Gasteiger charge is 2.28. The van der Waals surface area contributed by atoms with Crippen LogP contribution in [0.5, 0.6) is 0 Å². The molecule has 1 aliphatic rings. The minimum absolute atomic E-state index is 0.208. The summed E-state index contributed by atoms with van der Waals surface area (Å²) in [6.07, 6.45) is 3.18. The molecule has 122 valence electrons. The molecule has 21 heavy (non-hydrogen) atoms. The van der Waals surface area contributed by atoms with Gasteiger partial charge in [-0.2, -0.15) is 0 Å². The molecule has 2 amide bonds. The van der Waals surface area contributed by atoms with Crippen molar-refractivity contribution in [3.05, 3.63) is 0 Å². The van der Waals surface area contributed by atoms with Gasteiger partial charge in [0.25, 0.3) is 0 Å². The van der Waals surface area contributed by atoms with E-state index in [1.807, 2.05) is 25.7 Å². The predicted molar refractivity (Wildman–Crippen MR) is 82.3 cm³/mol. The Morgan fingerprint density at radius 1 is 1.33 bits per heavy atom. The smallest absolute Gasteiger partial charge is 0.326 e. The highest BCUT2D eigenvalue weighted by atomic mass is 16.4. The van der Waals surface area contributed by atoms with Crippen LogP contribution in [-0.2, 0) is 4.79 Å². The minimum Gasteiger partial charge on any atom is -0.480 e. The number of piperidine rings is 1. The van der Waals surface area contributed by atoms with Crippen molar-refractivity contribution >= 4 is 12.0 Å². The molecule has 1 fully saturated rings. The summed E-state index contributed by atoms with van der Waals surface area (Å²) in [4.78, 5) is 25.6. The molecule has 1 heterocycles. The summed E-state index contributed by atoms with van der Waals surface area (Å²) < 4.78 is 0. The topological polar surface area (TPSA) is 81.7 Å². The first kappa shape index (κ1) is 17.8. The van der Waals surface area contributed by atoms with Gasteiger partial charge in [-0.3, -0.25) is 0 Å². The predicted octanol–water partition coefficient (Wildman–Crippen LogP) is 1.66. The maximum atomic E-state index is 12.5. The molecule has 0 aliphatic carbocycles. The van der Waals surface area contributed by atoms with E-state index in [9.17, 15) is 14.7 Å². The Balaban J connectivity index is 2.67. The zero-order valence-electron chi connectivity index (χ0n) is 13.4. The quantitative estimate of drug-likeness (QED) is 0.668. The number of hydrogen-bond donors (Lipinski definition) is 3. The third-order valence-electron chi connectivity index (χ3n) is 3.78. The molecule has 1 atom stereocenters. The van der Waals surface area contributed by atoms with E-state index in [1.54, 1.807) is 0 Å². The van der Waals surface area contributed by atoms with Crippen molar-refractivity contribution in [2.45, 2.75) is 58.5 Å². The Labute approximate surface area is 127 Å². The summed E-state index contributed by atoms with van der Waals surface area (Å²) in [5, 5.41) is 15.2. The minimum atomic E-state index is -0.959. The van der Waals surface area contributed by atoms with Crippen molar-refractivity contribution in [1.29, 1.82) is 0 Å². The Kier molecular flexibility index (Phi) is 7.50. The Morgan fingerprint density at radius 3 is 2.43 bits per heavy atom. The van der Waals surface area contributed by atoms with E-state index in [0.717, 1.165) is 32.4 Å². The molecular weight excluding hydrogens is 270 g/mol. The van der Waals surface area contributed by atoms with Crippen LogP contribution < -0.4 is 10.6 Å². The van der Waals surface area contributed by atoms with Crippen LogP contribution in [0.15, 0.2) is 0 Å². The van der Waals surface area contributed by atoms with Crippen molar-refractivity contribution in [2.24, 2.45) is 5.92 Å². The molecule has 6 nitrogen and oxygen atoms in total. The Morgan fingerprint density at radius 2 is 1.95 bits per heavy atom. The van der Waals surface area contributed by atoms with E-state index in [1.165, 1.54) is 0 Å². The third kappa shape index (κ3) is 5.91. The number of carboxylic acid groups (broad SMARTS) is 1. The summed E-state index contributed by atoms with van der Waals surface area (Å²) in [6, 6.07) is -0.838. The Hall–Kier alpha value is -1.30. The molecule has 0 unspecified atom stereocenters. The van der Waals surface area contributed by atoms with Gasteiger partial charge < -0.3 is 20.6 Å². The van der Waals surface area contributed by atoms with Crippen molar-refractivity contribution < 1.29 is 14.7 Å². The van der Waals surface area contributed by atoms with Crippen LogP contribution in [0.25, 0.3) is 0 Å². The lowest BCUT2D eigenvalue weighted by Gasteiger charge is -2.35. The van der Waals surface area contributed by atoms with Crippen LogP contribution >= 0.6 is 0 Å². The van der Waals surface area contributed by atoms with Gasteiger partial charge in [0, 0.05) is 12.6 Å². The highest BCUT2D eigenvalue weighted by Crippen LogP contribution is 2.14. The average molecular weight is 299 g/mol. The molecule has 0 aromatic rings. The summed E-state index contributed by atoms with van der Waals surface area (Å²) in [6.45, 7) is 8.44. The number of nitrogens with zero attached hydrogens (tertiary/aromatic N) is 1. The fourth-order valence-electron chi connectivity index (χ4n) is 2.73. The number of urea groups is 1. The lowest BCUT2D eigenvalue weighted by Crippen LogP contribution is -2.54. The van der Waals surface area contributed by atoms with Crippen molar-refractivity contribution in [3.8, 4) is 0 Å². The molecule has 1 aliphatic heterocycles. The summed E-state index contributed by atoms with van der Waals surface area (Å²) in [5.74, 6) is -0.733. The van der Waals surface area contributed by atoms with Crippen molar-refractivity contribution in [1.82, 2.24) is 15.5 Å². The van der Waals surface area contributed by atoms with E-state index in [-0.39, 0.29) is 18.0 Å². The lowest BCUT2D eigenvalue weighted by atomic mass is 10.0. The van der Waals surface area contributed by atoms with Gasteiger partial charge in [-0.05, 0) is 44.7 Å². The number of hydrogen-bond acceptors (Lipinski definition) is 3. The van der Waals surface area contributed by atoms with Gasteiger partial charge >= 0.3 is 12.0 Å². The third-order valence-corrected chi connectivity index (χ3v) is 3.78. The van der Waals surface area contributed by atoms with Gasteiger partial charge in [0.2, 0.25) is 0 Å². The molecule has 0 aromatic carbocycles. The summed E-state index contributed by atoms with van der Waals surface area (Å²) in [7, 11) is 0. The number of nitrogens with one attached hydrogen (secondary N) is 2. The fraction of sp³-hybridized carbons (Fsp3) is 0.867. The molecule has 0 radical (unpaired) electrons. The zero-order valence-corrected chi connectivity index (χ0v) is 13.4. The average Bonchev–Trinajstić information content (AvgIpc) is 2.44. The standard InChI is InChI=1S/C15H29N3O3/c1-4-9-18(12-5-7-16-8-6-12)15(21)17-13(14(19)20)10-11(2)3/h11-13,16H,4-10H2,1-3H3,(H,17,21)(H,19,20)/t13-/m1/s1. The molecule has 1 saturated heterocycles. The van der Waals surface area contributed by atoms with Gasteiger partial charge in [0.05, 0.1) is 0 Å². The molecule has 6 heteroatoms. The van der Waals surface area contributed by atoms with E-state index in [0.29, 0.717) is 13.0 Å². The Bertz CT molecular complexity index is 341.